The van der Waals surface area contributed by atoms with E-state index >= 15 is 0 Å². The van der Waals surface area contributed by atoms with Crippen molar-refractivity contribution < 1.29 is 9.90 Å². The Morgan fingerprint density at radius 1 is 1.43 bits per heavy atom. The van der Waals surface area contributed by atoms with Crippen molar-refractivity contribution in [3.05, 3.63) is 34.2 Å². The summed E-state index contributed by atoms with van der Waals surface area (Å²) in [4.78, 5) is 20.8. The van der Waals surface area contributed by atoms with Gasteiger partial charge in [0, 0.05) is 18.2 Å². The van der Waals surface area contributed by atoms with Gasteiger partial charge in [-0.15, -0.1) is 11.3 Å². The summed E-state index contributed by atoms with van der Waals surface area (Å²) in [5, 5.41) is 20.5. The normalized spacial score (nSPS) is 12.5. The van der Waals surface area contributed by atoms with Crippen molar-refractivity contribution in [1.29, 1.82) is 0 Å². The highest BCUT2D eigenvalue weighted by Gasteiger charge is 2.19. The van der Waals surface area contributed by atoms with Crippen molar-refractivity contribution in [2.24, 2.45) is 0 Å². The molecule has 0 spiro atoms. The first-order valence-corrected chi connectivity index (χ1v) is 8.02. The van der Waals surface area contributed by atoms with Gasteiger partial charge in [0.05, 0.1) is 11.1 Å². The van der Waals surface area contributed by atoms with Gasteiger partial charge in [-0.1, -0.05) is 0 Å². The highest BCUT2D eigenvalue weighted by molar-refractivity contribution is 7.20. The molecular weight excluding hydrogens is 314 g/mol. The number of nitrogens with one attached hydrogen (secondary N) is 2. The number of hydrogen-bond acceptors (Lipinski definition) is 6. The Morgan fingerprint density at radius 2 is 2.22 bits per heavy atom. The lowest BCUT2D eigenvalue weighted by Crippen LogP contribution is -2.19. The molecule has 1 atom stereocenters. The van der Waals surface area contributed by atoms with Crippen LogP contribution in [0.1, 0.15) is 33.5 Å². The van der Waals surface area contributed by atoms with E-state index in [1.54, 1.807) is 6.92 Å². The Bertz CT molecular complexity index is 870. The van der Waals surface area contributed by atoms with Crippen molar-refractivity contribution in [1.82, 2.24) is 20.2 Å². The van der Waals surface area contributed by atoms with Gasteiger partial charge in [0.2, 0.25) is 0 Å². The predicted octanol–water partition coefficient (Wildman–Crippen LogP) is 2.77. The fourth-order valence-electron chi connectivity index (χ4n) is 2.56. The predicted molar refractivity (Wildman–Crippen MR) is 89.2 cm³/mol. The van der Waals surface area contributed by atoms with Crippen LogP contribution in [0.2, 0.25) is 0 Å². The first-order chi connectivity index (χ1) is 11.0. The summed E-state index contributed by atoms with van der Waals surface area (Å²) in [6.45, 7) is 5.79. The van der Waals surface area contributed by atoms with Crippen LogP contribution in [0.4, 0.5) is 5.82 Å². The molecule has 23 heavy (non-hydrogen) atoms. The summed E-state index contributed by atoms with van der Waals surface area (Å²) >= 11 is 1.17. The average molecular weight is 331 g/mol. The Morgan fingerprint density at radius 3 is 2.87 bits per heavy atom. The van der Waals surface area contributed by atoms with Crippen molar-refractivity contribution >= 4 is 33.3 Å². The van der Waals surface area contributed by atoms with Crippen molar-refractivity contribution in [3.8, 4) is 0 Å². The average Bonchev–Trinajstić information content (AvgIpc) is 3.03. The van der Waals surface area contributed by atoms with Crippen LogP contribution >= 0.6 is 11.3 Å². The number of carbonyl (C=O) groups is 1. The standard InChI is InChI=1S/C15H17N5O2S/c1-7(4-10-5-8(2)19-20-10)18-13-11-9(3)12(15(21)22)23-14(11)17-6-16-13/h5-7H,4H2,1-3H3,(H,19,20)(H,21,22)(H,16,17,18). The molecule has 8 heteroatoms. The summed E-state index contributed by atoms with van der Waals surface area (Å²) in [5.74, 6) is -0.271. The van der Waals surface area contributed by atoms with Crippen LogP contribution in [0.25, 0.3) is 10.2 Å². The highest BCUT2D eigenvalue weighted by atomic mass is 32.1. The van der Waals surface area contributed by atoms with Gasteiger partial charge in [0.15, 0.2) is 0 Å². The summed E-state index contributed by atoms with van der Waals surface area (Å²) in [6.07, 6.45) is 2.20. The van der Waals surface area contributed by atoms with Crippen LogP contribution in [0.5, 0.6) is 0 Å². The number of anilines is 1. The number of rotatable bonds is 5. The topological polar surface area (TPSA) is 104 Å². The van der Waals surface area contributed by atoms with Gasteiger partial charge >= 0.3 is 5.97 Å². The third-order valence-electron chi connectivity index (χ3n) is 3.58. The van der Waals surface area contributed by atoms with E-state index in [1.807, 2.05) is 19.9 Å². The first-order valence-electron chi connectivity index (χ1n) is 7.20. The highest BCUT2D eigenvalue weighted by Crippen LogP contribution is 2.33. The number of carboxylic acid groups (broad SMARTS) is 1. The Labute approximate surface area is 136 Å². The quantitative estimate of drug-likeness (QED) is 0.664. The maximum atomic E-state index is 11.3. The number of aromatic amines is 1. The molecule has 1 unspecified atom stereocenters. The molecule has 120 valence electrons. The molecule has 0 amide bonds. The smallest absolute Gasteiger partial charge is 0.346 e. The lowest BCUT2D eigenvalue weighted by molar-refractivity contribution is 0.0701. The fourth-order valence-corrected chi connectivity index (χ4v) is 3.55. The van der Waals surface area contributed by atoms with E-state index in [1.165, 1.54) is 17.7 Å². The molecule has 0 fully saturated rings. The van der Waals surface area contributed by atoms with E-state index in [2.05, 4.69) is 25.5 Å². The van der Waals surface area contributed by atoms with Crippen LogP contribution in [0, 0.1) is 13.8 Å². The van der Waals surface area contributed by atoms with Crippen LogP contribution in [-0.2, 0) is 6.42 Å². The molecule has 0 radical (unpaired) electrons. The van der Waals surface area contributed by atoms with E-state index in [0.717, 1.165) is 23.2 Å². The maximum absolute atomic E-state index is 11.3. The van der Waals surface area contributed by atoms with E-state index in [-0.39, 0.29) is 6.04 Å². The summed E-state index contributed by atoms with van der Waals surface area (Å²) in [7, 11) is 0. The maximum Gasteiger partial charge on any atom is 0.346 e. The number of aromatic nitrogens is 4. The third-order valence-corrected chi connectivity index (χ3v) is 4.77. The van der Waals surface area contributed by atoms with Gasteiger partial charge in [-0.25, -0.2) is 14.8 Å². The summed E-state index contributed by atoms with van der Waals surface area (Å²) < 4.78 is 0. The fraction of sp³-hybridized carbons (Fsp3) is 0.333. The second-order valence-electron chi connectivity index (χ2n) is 5.56. The van der Waals surface area contributed by atoms with E-state index in [4.69, 9.17) is 0 Å². The zero-order valence-electron chi connectivity index (χ0n) is 13.0. The van der Waals surface area contributed by atoms with Crippen LogP contribution in [-0.4, -0.2) is 37.3 Å². The molecule has 0 saturated carbocycles. The number of aromatic carboxylic acids is 1. The van der Waals surface area contributed by atoms with Gasteiger partial charge in [-0.3, -0.25) is 5.10 Å². The van der Waals surface area contributed by atoms with E-state index in [0.29, 0.717) is 21.1 Å². The van der Waals surface area contributed by atoms with Gasteiger partial charge < -0.3 is 10.4 Å². The minimum absolute atomic E-state index is 0.100. The molecule has 0 bridgehead atoms. The Balaban J connectivity index is 1.89. The molecule has 3 heterocycles. The van der Waals surface area contributed by atoms with E-state index < -0.39 is 5.97 Å². The first kappa shape index (κ1) is 15.4. The molecule has 7 nitrogen and oxygen atoms in total. The second kappa shape index (κ2) is 5.96. The van der Waals surface area contributed by atoms with Crippen molar-refractivity contribution in [2.45, 2.75) is 33.2 Å². The number of aryl methyl sites for hydroxylation is 2. The number of fused-ring (bicyclic) bond motifs is 1. The molecule has 3 aromatic heterocycles. The lowest BCUT2D eigenvalue weighted by atomic mass is 10.1. The minimum Gasteiger partial charge on any atom is -0.477 e. The van der Waals surface area contributed by atoms with Crippen LogP contribution in [0.15, 0.2) is 12.4 Å². The molecule has 0 aromatic carbocycles. The molecule has 3 aromatic rings. The third kappa shape index (κ3) is 3.02. The van der Waals surface area contributed by atoms with Crippen LogP contribution in [0.3, 0.4) is 0 Å². The molecular formula is C15H17N5O2S. The van der Waals surface area contributed by atoms with Gasteiger partial charge in [-0.05, 0) is 32.4 Å². The monoisotopic (exact) mass is 331 g/mol. The minimum atomic E-state index is -0.934. The number of H-pyrrole nitrogens is 1. The zero-order chi connectivity index (χ0) is 16.6. The number of hydrogen-bond donors (Lipinski definition) is 3. The zero-order valence-corrected chi connectivity index (χ0v) is 13.9. The molecule has 0 aliphatic rings. The largest absolute Gasteiger partial charge is 0.477 e. The van der Waals surface area contributed by atoms with Gasteiger partial charge in [0.25, 0.3) is 0 Å². The Hall–Kier alpha value is -2.48. The number of nitrogens with zero attached hydrogens (tertiary/aromatic N) is 3. The van der Waals surface area contributed by atoms with Crippen molar-refractivity contribution in [2.75, 3.05) is 5.32 Å². The molecule has 0 aliphatic heterocycles. The summed E-state index contributed by atoms with van der Waals surface area (Å²) in [5.41, 5.74) is 2.70. The number of thiophene rings is 1. The molecule has 0 aliphatic carbocycles. The lowest BCUT2D eigenvalue weighted by Gasteiger charge is -2.14. The van der Waals surface area contributed by atoms with Gasteiger partial charge in [-0.2, -0.15) is 5.10 Å². The molecule has 3 rings (SSSR count). The summed E-state index contributed by atoms with van der Waals surface area (Å²) in [6, 6.07) is 2.11. The Kier molecular flexibility index (Phi) is 3.99. The van der Waals surface area contributed by atoms with Crippen molar-refractivity contribution in [3.63, 3.8) is 0 Å². The van der Waals surface area contributed by atoms with E-state index in [9.17, 15) is 9.90 Å². The second-order valence-corrected chi connectivity index (χ2v) is 6.55. The molecule has 3 N–H and O–H groups in total. The SMILES string of the molecule is Cc1cc(CC(C)Nc2ncnc3sc(C(=O)O)c(C)c23)n[nH]1. The van der Waals surface area contributed by atoms with Gasteiger partial charge in [0.1, 0.15) is 21.9 Å². The molecule has 0 saturated heterocycles. The number of carboxylic acids is 1. The van der Waals surface area contributed by atoms with Crippen LogP contribution < -0.4 is 5.32 Å².